The molecular formula is C10H17ClN4. The molecule has 1 fully saturated rings. The first-order chi connectivity index (χ1) is 7.40. The SMILES string of the molecule is ClCc1nnnn1CC1CCCCCC1. The van der Waals surface area contributed by atoms with Crippen molar-refractivity contribution in [3.63, 3.8) is 0 Å². The normalized spacial score (nSPS) is 19.0. The molecule has 1 saturated carbocycles. The largest absolute Gasteiger partial charge is 0.228 e. The average molecular weight is 229 g/mol. The Morgan fingerprint density at radius 1 is 1.20 bits per heavy atom. The zero-order valence-corrected chi connectivity index (χ0v) is 9.66. The maximum Gasteiger partial charge on any atom is 0.166 e. The van der Waals surface area contributed by atoms with E-state index in [0.717, 1.165) is 18.3 Å². The van der Waals surface area contributed by atoms with E-state index in [9.17, 15) is 0 Å². The van der Waals surface area contributed by atoms with Crippen LogP contribution in [0.3, 0.4) is 0 Å². The summed E-state index contributed by atoms with van der Waals surface area (Å²) in [6, 6.07) is 0. The number of halogens is 1. The van der Waals surface area contributed by atoms with Crippen LogP contribution in [-0.4, -0.2) is 20.2 Å². The third kappa shape index (κ3) is 2.91. The lowest BCUT2D eigenvalue weighted by Gasteiger charge is -2.13. The van der Waals surface area contributed by atoms with Crippen LogP contribution in [0.4, 0.5) is 0 Å². The van der Waals surface area contributed by atoms with Gasteiger partial charge in [-0.15, -0.1) is 16.7 Å². The van der Waals surface area contributed by atoms with Gasteiger partial charge in [0.25, 0.3) is 0 Å². The lowest BCUT2D eigenvalue weighted by molar-refractivity contribution is 0.366. The fraction of sp³-hybridized carbons (Fsp3) is 0.900. The summed E-state index contributed by atoms with van der Waals surface area (Å²) >= 11 is 5.76. The van der Waals surface area contributed by atoms with Crippen molar-refractivity contribution in [2.24, 2.45) is 5.92 Å². The zero-order valence-electron chi connectivity index (χ0n) is 8.90. The number of hydrogen-bond acceptors (Lipinski definition) is 3. The summed E-state index contributed by atoms with van der Waals surface area (Å²) in [5.74, 6) is 1.93. The molecule has 0 atom stereocenters. The number of aromatic nitrogens is 4. The van der Waals surface area contributed by atoms with E-state index in [1.165, 1.54) is 38.5 Å². The molecule has 0 unspecified atom stereocenters. The molecule has 0 aromatic carbocycles. The van der Waals surface area contributed by atoms with Gasteiger partial charge in [-0.05, 0) is 29.2 Å². The molecule has 0 bridgehead atoms. The molecule has 0 saturated heterocycles. The summed E-state index contributed by atoms with van der Waals surface area (Å²) in [4.78, 5) is 0. The van der Waals surface area contributed by atoms with E-state index >= 15 is 0 Å². The number of tetrazole rings is 1. The van der Waals surface area contributed by atoms with Gasteiger partial charge in [0.2, 0.25) is 0 Å². The van der Waals surface area contributed by atoms with Crippen molar-refractivity contribution < 1.29 is 0 Å². The van der Waals surface area contributed by atoms with Gasteiger partial charge >= 0.3 is 0 Å². The summed E-state index contributed by atoms with van der Waals surface area (Å²) in [5.41, 5.74) is 0. The third-order valence-electron chi connectivity index (χ3n) is 3.13. The quantitative estimate of drug-likeness (QED) is 0.589. The predicted molar refractivity (Wildman–Crippen MR) is 58.6 cm³/mol. The number of rotatable bonds is 3. The van der Waals surface area contributed by atoms with Gasteiger partial charge in [-0.1, -0.05) is 25.7 Å². The van der Waals surface area contributed by atoms with E-state index in [1.54, 1.807) is 0 Å². The summed E-state index contributed by atoms with van der Waals surface area (Å²) < 4.78 is 1.86. The van der Waals surface area contributed by atoms with Gasteiger partial charge in [-0.2, -0.15) is 0 Å². The highest BCUT2D eigenvalue weighted by molar-refractivity contribution is 6.16. The highest BCUT2D eigenvalue weighted by Gasteiger charge is 2.15. The highest BCUT2D eigenvalue weighted by atomic mass is 35.5. The van der Waals surface area contributed by atoms with Gasteiger partial charge in [0.1, 0.15) is 0 Å². The van der Waals surface area contributed by atoms with E-state index in [2.05, 4.69) is 15.5 Å². The fourth-order valence-corrected chi connectivity index (χ4v) is 2.44. The Balaban J connectivity index is 1.94. The number of hydrogen-bond donors (Lipinski definition) is 0. The molecule has 1 aromatic rings. The number of nitrogens with zero attached hydrogens (tertiary/aromatic N) is 4. The van der Waals surface area contributed by atoms with Crippen LogP contribution < -0.4 is 0 Å². The Bertz CT molecular complexity index is 291. The summed E-state index contributed by atoms with van der Waals surface area (Å²) in [6.45, 7) is 0.940. The standard InChI is InChI=1S/C10H17ClN4/c11-7-10-12-13-14-15(10)8-9-5-3-1-2-4-6-9/h9H,1-8H2. The van der Waals surface area contributed by atoms with Crippen LogP contribution in [0.5, 0.6) is 0 Å². The van der Waals surface area contributed by atoms with E-state index in [0.29, 0.717) is 5.88 Å². The Hall–Kier alpha value is -0.640. The second-order valence-corrected chi connectivity index (χ2v) is 4.54. The van der Waals surface area contributed by atoms with Crippen molar-refractivity contribution >= 4 is 11.6 Å². The molecule has 1 aromatic heterocycles. The average Bonchev–Trinajstić information content (AvgIpc) is 2.53. The highest BCUT2D eigenvalue weighted by Crippen LogP contribution is 2.24. The van der Waals surface area contributed by atoms with Gasteiger partial charge in [0.05, 0.1) is 5.88 Å². The Labute approximate surface area is 95.0 Å². The van der Waals surface area contributed by atoms with Crippen molar-refractivity contribution in [2.45, 2.75) is 50.9 Å². The first-order valence-corrected chi connectivity index (χ1v) is 6.24. The van der Waals surface area contributed by atoms with E-state index in [1.807, 2.05) is 4.68 Å². The fourth-order valence-electron chi connectivity index (χ4n) is 2.25. The van der Waals surface area contributed by atoms with Crippen molar-refractivity contribution in [1.82, 2.24) is 20.2 Å². The van der Waals surface area contributed by atoms with E-state index in [4.69, 9.17) is 11.6 Å². The van der Waals surface area contributed by atoms with Gasteiger partial charge in [0, 0.05) is 6.54 Å². The smallest absolute Gasteiger partial charge is 0.166 e. The lowest BCUT2D eigenvalue weighted by Crippen LogP contribution is -2.13. The lowest BCUT2D eigenvalue weighted by atomic mass is 10.0. The van der Waals surface area contributed by atoms with Crippen LogP contribution in [-0.2, 0) is 12.4 Å². The van der Waals surface area contributed by atoms with Crippen LogP contribution in [0.1, 0.15) is 44.3 Å². The first-order valence-electron chi connectivity index (χ1n) is 5.71. The molecule has 0 aliphatic heterocycles. The zero-order chi connectivity index (χ0) is 10.5. The molecule has 15 heavy (non-hydrogen) atoms. The monoisotopic (exact) mass is 228 g/mol. The molecular weight excluding hydrogens is 212 g/mol. The molecule has 84 valence electrons. The minimum Gasteiger partial charge on any atom is -0.228 e. The summed E-state index contributed by atoms with van der Waals surface area (Å²) in [5, 5.41) is 11.5. The van der Waals surface area contributed by atoms with Crippen LogP contribution in [0.15, 0.2) is 0 Å². The third-order valence-corrected chi connectivity index (χ3v) is 3.37. The van der Waals surface area contributed by atoms with Gasteiger partial charge in [-0.3, -0.25) is 0 Å². The topological polar surface area (TPSA) is 43.6 Å². The second kappa shape index (κ2) is 5.45. The van der Waals surface area contributed by atoms with Crippen LogP contribution >= 0.6 is 11.6 Å². The predicted octanol–water partition coefficient (Wildman–Crippen LogP) is 2.38. The Kier molecular flexibility index (Phi) is 3.94. The molecule has 2 rings (SSSR count). The molecule has 0 N–H and O–H groups in total. The summed E-state index contributed by atoms with van der Waals surface area (Å²) in [6.07, 6.45) is 8.08. The maximum absolute atomic E-state index is 5.76. The maximum atomic E-state index is 5.76. The molecule has 4 nitrogen and oxygen atoms in total. The van der Waals surface area contributed by atoms with Gasteiger partial charge < -0.3 is 0 Å². The van der Waals surface area contributed by atoms with Crippen molar-refractivity contribution in [3.05, 3.63) is 5.82 Å². The molecule has 1 aliphatic carbocycles. The van der Waals surface area contributed by atoms with Crippen molar-refractivity contribution in [1.29, 1.82) is 0 Å². The van der Waals surface area contributed by atoms with E-state index < -0.39 is 0 Å². The van der Waals surface area contributed by atoms with Crippen molar-refractivity contribution in [2.75, 3.05) is 0 Å². The van der Waals surface area contributed by atoms with Crippen LogP contribution in [0.25, 0.3) is 0 Å². The minimum absolute atomic E-state index is 0.402. The summed E-state index contributed by atoms with van der Waals surface area (Å²) in [7, 11) is 0. The molecule has 1 aliphatic rings. The van der Waals surface area contributed by atoms with Gasteiger partial charge in [0.15, 0.2) is 5.82 Å². The van der Waals surface area contributed by atoms with Crippen LogP contribution in [0, 0.1) is 5.92 Å². The van der Waals surface area contributed by atoms with E-state index in [-0.39, 0.29) is 0 Å². The van der Waals surface area contributed by atoms with Crippen LogP contribution in [0.2, 0.25) is 0 Å². The molecule has 0 amide bonds. The molecule has 0 radical (unpaired) electrons. The molecule has 1 heterocycles. The number of alkyl halides is 1. The minimum atomic E-state index is 0.402. The first kappa shape index (κ1) is 10.9. The molecule has 0 spiro atoms. The Morgan fingerprint density at radius 3 is 2.60 bits per heavy atom. The van der Waals surface area contributed by atoms with Crippen molar-refractivity contribution in [3.8, 4) is 0 Å². The second-order valence-electron chi connectivity index (χ2n) is 4.27. The van der Waals surface area contributed by atoms with Gasteiger partial charge in [-0.25, -0.2) is 4.68 Å². The Morgan fingerprint density at radius 2 is 1.93 bits per heavy atom. The molecule has 5 heteroatoms.